The molecule has 1 aliphatic carbocycles. The molecular formula is C24H21N5O2. The predicted molar refractivity (Wildman–Crippen MR) is 117 cm³/mol. The summed E-state index contributed by atoms with van der Waals surface area (Å²) in [6.45, 7) is 0. The summed E-state index contributed by atoms with van der Waals surface area (Å²) in [5.74, 6) is 0.368. The molecule has 7 heteroatoms. The lowest BCUT2D eigenvalue weighted by atomic mass is 9.92. The van der Waals surface area contributed by atoms with Crippen molar-refractivity contribution in [2.24, 2.45) is 0 Å². The molecule has 4 aromatic rings. The summed E-state index contributed by atoms with van der Waals surface area (Å²) in [5, 5.41) is 7.52. The van der Waals surface area contributed by atoms with Gasteiger partial charge in [-0.15, -0.1) is 0 Å². The molecule has 0 aliphatic heterocycles. The molecule has 3 heterocycles. The highest BCUT2D eigenvalue weighted by atomic mass is 16.2. The van der Waals surface area contributed by atoms with Crippen LogP contribution in [0.5, 0.6) is 0 Å². The normalized spacial score (nSPS) is 15.3. The van der Waals surface area contributed by atoms with Gasteiger partial charge in [-0.25, -0.2) is 9.67 Å². The van der Waals surface area contributed by atoms with E-state index in [2.05, 4.69) is 20.4 Å². The first kappa shape index (κ1) is 19.0. The van der Waals surface area contributed by atoms with Gasteiger partial charge in [-0.05, 0) is 49.1 Å². The second kappa shape index (κ2) is 8.02. The van der Waals surface area contributed by atoms with Crippen LogP contribution in [0, 0.1) is 0 Å². The van der Waals surface area contributed by atoms with E-state index >= 15 is 0 Å². The Morgan fingerprint density at radius 3 is 2.68 bits per heavy atom. The van der Waals surface area contributed by atoms with Crippen molar-refractivity contribution in [3.8, 4) is 17.1 Å². The number of hydrogen-bond donors (Lipinski definition) is 2. The van der Waals surface area contributed by atoms with Crippen LogP contribution in [0.25, 0.3) is 17.1 Å². The first-order valence-electron chi connectivity index (χ1n) is 10.3. The summed E-state index contributed by atoms with van der Waals surface area (Å²) in [5.41, 5.74) is 3.29. The Kier molecular flexibility index (Phi) is 4.92. The van der Waals surface area contributed by atoms with Crippen molar-refractivity contribution in [3.63, 3.8) is 0 Å². The molecule has 0 saturated heterocycles. The smallest absolute Gasteiger partial charge is 0.261 e. The zero-order chi connectivity index (χ0) is 21.2. The van der Waals surface area contributed by atoms with Crippen LogP contribution in [0.3, 0.4) is 0 Å². The van der Waals surface area contributed by atoms with E-state index in [4.69, 9.17) is 0 Å². The molecule has 0 saturated carbocycles. The summed E-state index contributed by atoms with van der Waals surface area (Å²) in [4.78, 5) is 32.7. The van der Waals surface area contributed by atoms with Crippen LogP contribution in [0.2, 0.25) is 0 Å². The lowest BCUT2D eigenvalue weighted by Gasteiger charge is -2.24. The Bertz CT molecular complexity index is 1280. The molecule has 1 amide bonds. The number of amides is 1. The lowest BCUT2D eigenvalue weighted by molar-refractivity contribution is 0.0931. The number of H-pyrrole nitrogens is 1. The van der Waals surface area contributed by atoms with E-state index in [9.17, 15) is 9.59 Å². The maximum absolute atomic E-state index is 12.9. The number of rotatable bonds is 4. The van der Waals surface area contributed by atoms with Gasteiger partial charge >= 0.3 is 0 Å². The standard InChI is InChI=1S/C24H21N5O2/c30-23-17(12-13-19(27-23)16-7-2-1-3-8-16)24(31)28-20-9-6-10-21-18(20)15-26-29(21)22-11-4-5-14-25-22/h1-5,7-8,11-15,20H,6,9-10H2,(H,27,30)(H,28,31). The van der Waals surface area contributed by atoms with Gasteiger partial charge in [0.05, 0.1) is 17.9 Å². The van der Waals surface area contributed by atoms with E-state index in [-0.39, 0.29) is 17.5 Å². The summed E-state index contributed by atoms with van der Waals surface area (Å²) < 4.78 is 1.83. The van der Waals surface area contributed by atoms with Crippen LogP contribution in [0.15, 0.2) is 77.9 Å². The molecule has 7 nitrogen and oxygen atoms in total. The summed E-state index contributed by atoms with van der Waals surface area (Å²) in [6, 6.07) is 18.4. The summed E-state index contributed by atoms with van der Waals surface area (Å²) in [7, 11) is 0. The van der Waals surface area contributed by atoms with E-state index in [1.54, 1.807) is 24.5 Å². The van der Waals surface area contributed by atoms with Gasteiger partial charge in [-0.3, -0.25) is 9.59 Å². The van der Waals surface area contributed by atoms with Gasteiger partial charge < -0.3 is 10.3 Å². The van der Waals surface area contributed by atoms with E-state index < -0.39 is 5.56 Å². The minimum Gasteiger partial charge on any atom is -0.345 e. The third-order valence-electron chi connectivity index (χ3n) is 5.59. The second-order valence-corrected chi connectivity index (χ2v) is 7.55. The number of aromatic nitrogens is 4. The quantitative estimate of drug-likeness (QED) is 0.538. The van der Waals surface area contributed by atoms with Crippen LogP contribution in [0.4, 0.5) is 0 Å². The van der Waals surface area contributed by atoms with E-state index in [0.717, 1.165) is 41.9 Å². The first-order valence-corrected chi connectivity index (χ1v) is 10.3. The Morgan fingerprint density at radius 2 is 1.90 bits per heavy atom. The number of hydrogen-bond acceptors (Lipinski definition) is 4. The zero-order valence-corrected chi connectivity index (χ0v) is 16.8. The van der Waals surface area contributed by atoms with Crippen LogP contribution in [-0.4, -0.2) is 25.7 Å². The fourth-order valence-corrected chi connectivity index (χ4v) is 4.06. The molecule has 31 heavy (non-hydrogen) atoms. The molecule has 3 aromatic heterocycles. The van der Waals surface area contributed by atoms with Crippen molar-refractivity contribution in [1.29, 1.82) is 0 Å². The topological polar surface area (TPSA) is 92.7 Å². The van der Waals surface area contributed by atoms with Crippen LogP contribution in [-0.2, 0) is 6.42 Å². The molecule has 0 radical (unpaired) electrons. The maximum Gasteiger partial charge on any atom is 0.261 e. The van der Waals surface area contributed by atoms with E-state index in [1.807, 2.05) is 53.2 Å². The average Bonchev–Trinajstić information content (AvgIpc) is 3.25. The summed E-state index contributed by atoms with van der Waals surface area (Å²) >= 11 is 0. The molecule has 1 unspecified atom stereocenters. The molecule has 154 valence electrons. The molecule has 0 fully saturated rings. The van der Waals surface area contributed by atoms with Crippen LogP contribution in [0.1, 0.15) is 40.5 Å². The third kappa shape index (κ3) is 3.66. The van der Waals surface area contributed by atoms with Crippen molar-refractivity contribution in [3.05, 3.63) is 100 Å². The minimum atomic E-state index is -0.404. The van der Waals surface area contributed by atoms with Gasteiger partial charge in [0.2, 0.25) is 0 Å². The fourth-order valence-electron chi connectivity index (χ4n) is 4.06. The SMILES string of the molecule is O=C(NC1CCCc2c1cnn2-c1ccccn1)c1ccc(-c2ccccc2)[nH]c1=O. The number of nitrogens with zero attached hydrogens (tertiary/aromatic N) is 3. The lowest BCUT2D eigenvalue weighted by Crippen LogP contribution is -2.34. The number of carbonyl (C=O) groups excluding carboxylic acids is 1. The van der Waals surface area contributed by atoms with Gasteiger partial charge in [-0.1, -0.05) is 36.4 Å². The fraction of sp³-hybridized carbons (Fsp3) is 0.167. The highest BCUT2D eigenvalue weighted by Crippen LogP contribution is 2.31. The molecule has 1 atom stereocenters. The van der Waals surface area contributed by atoms with Gasteiger partial charge in [0.1, 0.15) is 5.56 Å². The number of carbonyl (C=O) groups is 1. The highest BCUT2D eigenvalue weighted by molar-refractivity contribution is 5.94. The third-order valence-corrected chi connectivity index (χ3v) is 5.59. The van der Waals surface area contributed by atoms with Gasteiger partial charge in [0.25, 0.3) is 11.5 Å². The average molecular weight is 411 g/mol. The molecule has 1 aliphatic rings. The zero-order valence-electron chi connectivity index (χ0n) is 16.8. The van der Waals surface area contributed by atoms with E-state index in [1.165, 1.54) is 0 Å². The molecular weight excluding hydrogens is 390 g/mol. The minimum absolute atomic E-state index is 0.101. The Balaban J connectivity index is 1.39. The largest absolute Gasteiger partial charge is 0.345 e. The molecule has 2 N–H and O–H groups in total. The van der Waals surface area contributed by atoms with Crippen molar-refractivity contribution in [1.82, 2.24) is 25.1 Å². The highest BCUT2D eigenvalue weighted by Gasteiger charge is 2.27. The Hall–Kier alpha value is -4.00. The predicted octanol–water partition coefficient (Wildman–Crippen LogP) is 3.43. The van der Waals surface area contributed by atoms with Gasteiger partial charge in [-0.2, -0.15) is 5.10 Å². The van der Waals surface area contributed by atoms with Crippen molar-refractivity contribution in [2.45, 2.75) is 25.3 Å². The van der Waals surface area contributed by atoms with Gasteiger partial charge in [0.15, 0.2) is 5.82 Å². The van der Waals surface area contributed by atoms with Crippen LogP contribution >= 0.6 is 0 Å². The monoisotopic (exact) mass is 411 g/mol. The van der Waals surface area contributed by atoms with E-state index in [0.29, 0.717) is 5.69 Å². The number of benzene rings is 1. The summed E-state index contributed by atoms with van der Waals surface area (Å²) in [6.07, 6.45) is 6.10. The molecule has 1 aromatic carbocycles. The van der Waals surface area contributed by atoms with Crippen molar-refractivity contribution in [2.75, 3.05) is 0 Å². The Labute approximate surface area is 178 Å². The Morgan fingerprint density at radius 1 is 1.06 bits per heavy atom. The first-order chi connectivity index (χ1) is 15.2. The molecule has 0 spiro atoms. The second-order valence-electron chi connectivity index (χ2n) is 7.55. The van der Waals surface area contributed by atoms with Crippen molar-refractivity contribution < 1.29 is 4.79 Å². The number of fused-ring (bicyclic) bond motifs is 1. The number of pyridine rings is 2. The number of nitrogens with one attached hydrogen (secondary N) is 2. The van der Waals surface area contributed by atoms with Crippen LogP contribution < -0.4 is 10.9 Å². The van der Waals surface area contributed by atoms with Gasteiger partial charge in [0, 0.05) is 17.5 Å². The van der Waals surface area contributed by atoms with Crippen molar-refractivity contribution >= 4 is 5.91 Å². The molecule has 5 rings (SSSR count). The maximum atomic E-state index is 12.9. The molecule has 0 bridgehead atoms. The number of aromatic amines is 1.